The minimum Gasteiger partial charge on any atom is -0.371 e. The molecule has 1 N–H and O–H groups in total. The standard InChI is InChI=1S/C24H27N3O2/c28-23(13-10-19-8-2-1-3-9-19)25-20-11-12-22(26-14-4-5-15-26)21(18-20)24(29)27-16-6-7-17-27/h1-3,8-13,18H,4-7,14-17H2,(H,25,28). The van der Waals surface area contributed by atoms with Gasteiger partial charge < -0.3 is 15.1 Å². The molecule has 2 aliphatic heterocycles. The summed E-state index contributed by atoms with van der Waals surface area (Å²) in [4.78, 5) is 29.7. The molecule has 0 radical (unpaired) electrons. The third-order valence-electron chi connectivity index (χ3n) is 5.56. The molecule has 2 amide bonds. The normalized spacial score (nSPS) is 16.6. The Morgan fingerprint density at radius 3 is 2.28 bits per heavy atom. The van der Waals surface area contributed by atoms with Gasteiger partial charge in [-0.25, -0.2) is 0 Å². The smallest absolute Gasteiger partial charge is 0.256 e. The number of rotatable bonds is 5. The SMILES string of the molecule is O=C(C=Cc1ccccc1)Nc1ccc(N2CCCC2)c(C(=O)N2CCCC2)c1. The Hall–Kier alpha value is -3.08. The van der Waals surface area contributed by atoms with Crippen LogP contribution in [0.5, 0.6) is 0 Å². The molecule has 5 nitrogen and oxygen atoms in total. The summed E-state index contributed by atoms with van der Waals surface area (Å²) < 4.78 is 0. The number of amides is 2. The van der Waals surface area contributed by atoms with Gasteiger partial charge in [0.25, 0.3) is 5.91 Å². The molecule has 0 spiro atoms. The molecule has 5 heteroatoms. The summed E-state index contributed by atoms with van der Waals surface area (Å²) in [7, 11) is 0. The highest BCUT2D eigenvalue weighted by atomic mass is 16.2. The lowest BCUT2D eigenvalue weighted by Crippen LogP contribution is -2.30. The fourth-order valence-corrected chi connectivity index (χ4v) is 4.03. The topological polar surface area (TPSA) is 52.7 Å². The zero-order valence-electron chi connectivity index (χ0n) is 16.6. The van der Waals surface area contributed by atoms with E-state index >= 15 is 0 Å². The number of hydrogen-bond donors (Lipinski definition) is 1. The monoisotopic (exact) mass is 389 g/mol. The Morgan fingerprint density at radius 1 is 0.862 bits per heavy atom. The van der Waals surface area contributed by atoms with Gasteiger partial charge in [-0.3, -0.25) is 9.59 Å². The Morgan fingerprint density at radius 2 is 1.55 bits per heavy atom. The molecular weight excluding hydrogens is 362 g/mol. The van der Waals surface area contributed by atoms with E-state index in [4.69, 9.17) is 0 Å². The third kappa shape index (κ3) is 4.67. The van der Waals surface area contributed by atoms with Crippen LogP contribution in [0.3, 0.4) is 0 Å². The van der Waals surface area contributed by atoms with Gasteiger partial charge in [0, 0.05) is 43.6 Å². The first kappa shape index (κ1) is 19.2. The van der Waals surface area contributed by atoms with Gasteiger partial charge in [-0.15, -0.1) is 0 Å². The van der Waals surface area contributed by atoms with Gasteiger partial charge in [-0.2, -0.15) is 0 Å². The molecule has 2 aliphatic rings. The Labute approximate surface area is 172 Å². The maximum absolute atomic E-state index is 13.1. The summed E-state index contributed by atoms with van der Waals surface area (Å²) in [5.41, 5.74) is 3.30. The van der Waals surface area contributed by atoms with Gasteiger partial charge in [0.05, 0.1) is 5.56 Å². The van der Waals surface area contributed by atoms with Crippen LogP contribution < -0.4 is 10.2 Å². The lowest BCUT2D eigenvalue weighted by Gasteiger charge is -2.24. The van der Waals surface area contributed by atoms with E-state index in [0.29, 0.717) is 11.3 Å². The van der Waals surface area contributed by atoms with E-state index in [1.807, 2.05) is 53.4 Å². The predicted octanol–water partition coefficient (Wildman–Crippen LogP) is 4.17. The van der Waals surface area contributed by atoms with E-state index in [9.17, 15) is 9.59 Å². The Balaban J connectivity index is 1.54. The molecular formula is C24H27N3O2. The number of nitrogens with one attached hydrogen (secondary N) is 1. The first-order valence-electron chi connectivity index (χ1n) is 10.4. The predicted molar refractivity (Wildman–Crippen MR) is 117 cm³/mol. The van der Waals surface area contributed by atoms with Gasteiger partial charge in [-0.1, -0.05) is 30.3 Å². The van der Waals surface area contributed by atoms with Crippen LogP contribution in [-0.2, 0) is 4.79 Å². The first-order chi connectivity index (χ1) is 14.2. The van der Waals surface area contributed by atoms with Crippen molar-refractivity contribution in [3.8, 4) is 0 Å². The molecule has 2 aromatic rings. The second-order valence-corrected chi connectivity index (χ2v) is 7.66. The van der Waals surface area contributed by atoms with Crippen LogP contribution in [-0.4, -0.2) is 42.9 Å². The molecule has 2 aromatic carbocycles. The lowest BCUT2D eigenvalue weighted by molar-refractivity contribution is -0.111. The van der Waals surface area contributed by atoms with Crippen molar-refractivity contribution in [2.24, 2.45) is 0 Å². The highest BCUT2D eigenvalue weighted by Gasteiger charge is 2.25. The molecule has 2 fully saturated rings. The van der Waals surface area contributed by atoms with Crippen molar-refractivity contribution in [3.05, 3.63) is 65.7 Å². The fraction of sp³-hybridized carbons (Fsp3) is 0.333. The van der Waals surface area contributed by atoms with Crippen LogP contribution >= 0.6 is 0 Å². The molecule has 2 heterocycles. The summed E-state index contributed by atoms with van der Waals surface area (Å²) in [5.74, 6) is -0.136. The number of likely N-dealkylation sites (tertiary alicyclic amines) is 1. The van der Waals surface area contributed by atoms with Crippen molar-refractivity contribution >= 4 is 29.3 Å². The minimum atomic E-state index is -0.206. The first-order valence-corrected chi connectivity index (χ1v) is 10.4. The molecule has 0 atom stereocenters. The molecule has 0 aromatic heterocycles. The van der Waals surface area contributed by atoms with Crippen molar-refractivity contribution in [2.75, 3.05) is 36.4 Å². The van der Waals surface area contributed by atoms with E-state index in [2.05, 4.69) is 10.2 Å². The third-order valence-corrected chi connectivity index (χ3v) is 5.56. The second kappa shape index (κ2) is 8.95. The van der Waals surface area contributed by atoms with Crippen LogP contribution in [0, 0.1) is 0 Å². The van der Waals surface area contributed by atoms with Gasteiger partial charge >= 0.3 is 0 Å². The van der Waals surface area contributed by atoms with Crippen molar-refractivity contribution in [2.45, 2.75) is 25.7 Å². The summed E-state index contributed by atoms with van der Waals surface area (Å²) in [6, 6.07) is 15.4. The van der Waals surface area contributed by atoms with E-state index in [-0.39, 0.29) is 11.8 Å². The van der Waals surface area contributed by atoms with Crippen LogP contribution in [0.1, 0.15) is 41.6 Å². The maximum Gasteiger partial charge on any atom is 0.256 e. The van der Waals surface area contributed by atoms with E-state index < -0.39 is 0 Å². The van der Waals surface area contributed by atoms with E-state index in [0.717, 1.165) is 63.1 Å². The van der Waals surface area contributed by atoms with Crippen LogP contribution in [0.2, 0.25) is 0 Å². The molecule has 0 aliphatic carbocycles. The quantitative estimate of drug-likeness (QED) is 0.781. The number of carbonyl (C=O) groups is 2. The average molecular weight is 389 g/mol. The molecule has 0 unspecified atom stereocenters. The molecule has 29 heavy (non-hydrogen) atoms. The highest BCUT2D eigenvalue weighted by Crippen LogP contribution is 2.29. The Kier molecular flexibility index (Phi) is 5.94. The molecule has 0 bridgehead atoms. The molecule has 150 valence electrons. The number of hydrogen-bond acceptors (Lipinski definition) is 3. The zero-order valence-corrected chi connectivity index (χ0v) is 16.6. The molecule has 2 saturated heterocycles. The van der Waals surface area contributed by atoms with Crippen molar-refractivity contribution < 1.29 is 9.59 Å². The van der Waals surface area contributed by atoms with E-state index in [1.165, 1.54) is 6.08 Å². The maximum atomic E-state index is 13.1. The zero-order chi connectivity index (χ0) is 20.1. The van der Waals surface area contributed by atoms with E-state index in [1.54, 1.807) is 6.08 Å². The molecule has 0 saturated carbocycles. The van der Waals surface area contributed by atoms with Crippen molar-refractivity contribution in [1.82, 2.24) is 4.90 Å². The number of anilines is 2. The number of carbonyl (C=O) groups excluding carboxylic acids is 2. The lowest BCUT2D eigenvalue weighted by atomic mass is 10.1. The van der Waals surface area contributed by atoms with Crippen LogP contribution in [0.15, 0.2) is 54.6 Å². The summed E-state index contributed by atoms with van der Waals surface area (Å²) in [6.45, 7) is 3.58. The average Bonchev–Trinajstić information content (AvgIpc) is 3.47. The molecule has 4 rings (SSSR count). The fourth-order valence-electron chi connectivity index (χ4n) is 4.03. The highest BCUT2D eigenvalue weighted by molar-refractivity contribution is 6.05. The largest absolute Gasteiger partial charge is 0.371 e. The Bertz CT molecular complexity index is 896. The number of benzene rings is 2. The summed E-state index contributed by atoms with van der Waals surface area (Å²) in [5, 5.41) is 2.90. The van der Waals surface area contributed by atoms with Crippen LogP contribution in [0.25, 0.3) is 6.08 Å². The van der Waals surface area contributed by atoms with Crippen LogP contribution in [0.4, 0.5) is 11.4 Å². The van der Waals surface area contributed by atoms with Gasteiger partial charge in [-0.05, 0) is 55.5 Å². The number of nitrogens with zero attached hydrogens (tertiary/aromatic N) is 2. The van der Waals surface area contributed by atoms with Crippen molar-refractivity contribution in [1.29, 1.82) is 0 Å². The van der Waals surface area contributed by atoms with Gasteiger partial charge in [0.2, 0.25) is 5.91 Å². The van der Waals surface area contributed by atoms with Gasteiger partial charge in [0.15, 0.2) is 0 Å². The second-order valence-electron chi connectivity index (χ2n) is 7.66. The van der Waals surface area contributed by atoms with Crippen molar-refractivity contribution in [3.63, 3.8) is 0 Å². The van der Waals surface area contributed by atoms with Gasteiger partial charge in [0.1, 0.15) is 0 Å². The summed E-state index contributed by atoms with van der Waals surface area (Å²) in [6.07, 6.45) is 7.73. The minimum absolute atomic E-state index is 0.0697. The summed E-state index contributed by atoms with van der Waals surface area (Å²) >= 11 is 0.